The standard InChI is InChI=1S/C22H16F2.3HI.V/c1-15-3-8-18(9-4-15)19-10-5-17(6-11-19)7-12-20-21(23)13-16(2)14-22(20)24;;;;/h3-6,8-11,13-14H,1-2H3;3*1H;/q;;;;+3/p-3. The van der Waals surface area contributed by atoms with Crippen molar-refractivity contribution in [3.05, 3.63) is 94.6 Å². The number of benzene rings is 3. The Kier molecular flexibility index (Phi) is 10.2. The van der Waals surface area contributed by atoms with E-state index in [1.165, 1.54) is 17.7 Å². The van der Waals surface area contributed by atoms with Crippen molar-refractivity contribution in [1.82, 2.24) is 0 Å². The van der Waals surface area contributed by atoms with Gasteiger partial charge in [0.1, 0.15) is 11.6 Å². The molecule has 0 amide bonds. The van der Waals surface area contributed by atoms with Gasteiger partial charge >= 0.3 is 64.9 Å². The number of halogens is 5. The molecule has 0 unspecified atom stereocenters. The van der Waals surface area contributed by atoms with E-state index < -0.39 is 11.6 Å². The van der Waals surface area contributed by atoms with Gasteiger partial charge in [-0.05, 0) is 54.8 Å². The van der Waals surface area contributed by atoms with Gasteiger partial charge in [-0.3, -0.25) is 0 Å². The Morgan fingerprint density at radius 3 is 1.57 bits per heavy atom. The van der Waals surface area contributed by atoms with Gasteiger partial charge in [0.05, 0.1) is 5.56 Å². The van der Waals surface area contributed by atoms with Crippen LogP contribution in [0.15, 0.2) is 60.7 Å². The molecule has 0 atom stereocenters. The molecule has 0 heterocycles. The molecule has 0 aromatic heterocycles. The molecule has 3 aromatic carbocycles. The van der Waals surface area contributed by atoms with Crippen LogP contribution in [-0.2, 0) is 4.92 Å². The molecule has 0 spiro atoms. The van der Waals surface area contributed by atoms with E-state index >= 15 is 0 Å². The van der Waals surface area contributed by atoms with Crippen LogP contribution in [0.4, 0.5) is 8.78 Å². The SMILES string of the molecule is Cc1ccc(-c2ccc(C#Cc3c(F)cc(C)cc3F)cc2)cc1.[I][V]([I])[I]. The molecule has 0 aliphatic heterocycles. The van der Waals surface area contributed by atoms with E-state index in [1.807, 2.05) is 31.2 Å². The second kappa shape index (κ2) is 11.9. The fraction of sp³-hybridized carbons (Fsp3) is 0.0909. The summed E-state index contributed by atoms with van der Waals surface area (Å²) in [6.07, 6.45) is 0. The van der Waals surface area contributed by atoms with E-state index in [4.69, 9.17) is 0 Å². The topological polar surface area (TPSA) is 0 Å². The summed E-state index contributed by atoms with van der Waals surface area (Å²) in [7, 11) is 0. The zero-order valence-corrected chi connectivity index (χ0v) is 23.0. The van der Waals surface area contributed by atoms with E-state index in [9.17, 15) is 8.78 Å². The molecule has 0 aliphatic carbocycles. The quantitative estimate of drug-likeness (QED) is 0.174. The Morgan fingerprint density at radius 2 is 1.11 bits per heavy atom. The Bertz CT molecular complexity index is 963. The number of rotatable bonds is 1. The van der Waals surface area contributed by atoms with Crippen LogP contribution in [0.2, 0.25) is 0 Å². The van der Waals surface area contributed by atoms with E-state index in [2.05, 4.69) is 96.0 Å². The fourth-order valence-corrected chi connectivity index (χ4v) is 2.45. The summed E-state index contributed by atoms with van der Waals surface area (Å²) in [5.74, 6) is 4.15. The maximum absolute atomic E-state index is 13.8. The predicted molar refractivity (Wildman–Crippen MR) is 136 cm³/mol. The number of hydrogen-bond acceptors (Lipinski definition) is 0. The first-order valence-corrected chi connectivity index (χ1v) is 21.7. The molecule has 144 valence electrons. The summed E-state index contributed by atoms with van der Waals surface area (Å²) in [5.41, 5.74) is 4.47. The molecule has 0 fully saturated rings. The van der Waals surface area contributed by atoms with Gasteiger partial charge in [-0.15, -0.1) is 0 Å². The van der Waals surface area contributed by atoms with Gasteiger partial charge in [-0.25, -0.2) is 8.78 Å². The number of aryl methyl sites for hydroxylation is 2. The van der Waals surface area contributed by atoms with Gasteiger partial charge in [0, 0.05) is 5.56 Å². The Labute approximate surface area is 202 Å². The first-order chi connectivity index (χ1) is 13.3. The van der Waals surface area contributed by atoms with E-state index in [0.717, 1.165) is 11.1 Å². The van der Waals surface area contributed by atoms with Gasteiger partial charge < -0.3 is 0 Å². The Hall–Kier alpha value is -0.146. The van der Waals surface area contributed by atoms with Crippen LogP contribution in [0.1, 0.15) is 22.3 Å². The molecule has 0 saturated carbocycles. The van der Waals surface area contributed by atoms with E-state index in [0.29, 0.717) is 11.1 Å². The predicted octanol–water partition coefficient (Wildman–Crippen LogP) is 8.30. The van der Waals surface area contributed by atoms with Crippen molar-refractivity contribution < 1.29 is 13.7 Å². The van der Waals surface area contributed by atoms with E-state index in [-0.39, 0.29) is 10.5 Å². The second-order valence-corrected chi connectivity index (χ2v) is 41.4. The summed E-state index contributed by atoms with van der Waals surface area (Å²) in [6, 6.07) is 18.4. The van der Waals surface area contributed by atoms with Gasteiger partial charge in [-0.1, -0.05) is 53.8 Å². The molecule has 3 rings (SSSR count). The average molecular weight is 750 g/mol. The van der Waals surface area contributed by atoms with E-state index in [1.54, 1.807) is 6.92 Å². The van der Waals surface area contributed by atoms with Crippen LogP contribution in [0.5, 0.6) is 0 Å². The third-order valence-corrected chi connectivity index (χ3v) is 3.79. The summed E-state index contributed by atoms with van der Waals surface area (Å²) >= 11 is 7.39. The molecule has 28 heavy (non-hydrogen) atoms. The molecule has 0 aliphatic rings. The third-order valence-electron chi connectivity index (χ3n) is 3.79. The zero-order chi connectivity index (χ0) is 20.7. The van der Waals surface area contributed by atoms with Crippen LogP contribution >= 0.6 is 59.9 Å². The van der Waals surface area contributed by atoms with Crippen LogP contribution in [-0.4, -0.2) is 0 Å². The molecule has 6 heteroatoms. The summed E-state index contributed by atoms with van der Waals surface area (Å²) < 4.78 is 27.6. The molecule has 0 N–H and O–H groups in total. The zero-order valence-electron chi connectivity index (χ0n) is 15.1. The summed E-state index contributed by atoms with van der Waals surface area (Å²) in [4.78, 5) is -0.278. The summed E-state index contributed by atoms with van der Waals surface area (Å²) in [5, 5.41) is 0. The van der Waals surface area contributed by atoms with Crippen LogP contribution in [0.25, 0.3) is 11.1 Å². The average Bonchev–Trinajstić information content (AvgIpc) is 2.61. The molecule has 0 saturated heterocycles. The van der Waals surface area contributed by atoms with Gasteiger partial charge in [0.25, 0.3) is 0 Å². The molecule has 3 aromatic rings. The van der Waals surface area contributed by atoms with Crippen molar-refractivity contribution in [1.29, 1.82) is 0 Å². The fourth-order valence-electron chi connectivity index (χ4n) is 2.45. The van der Waals surface area contributed by atoms with Gasteiger partial charge in [0.15, 0.2) is 0 Å². The molecular formula is C22H16F2I3V. The van der Waals surface area contributed by atoms with Crippen molar-refractivity contribution in [2.45, 2.75) is 13.8 Å². The van der Waals surface area contributed by atoms with Crippen molar-refractivity contribution >= 4 is 59.9 Å². The van der Waals surface area contributed by atoms with Crippen LogP contribution in [0, 0.1) is 37.3 Å². The monoisotopic (exact) mass is 750 g/mol. The maximum atomic E-state index is 13.8. The molecular weight excluding hydrogens is 734 g/mol. The second-order valence-electron chi connectivity index (χ2n) is 5.99. The Morgan fingerprint density at radius 1 is 0.679 bits per heavy atom. The van der Waals surface area contributed by atoms with Crippen molar-refractivity contribution in [2.75, 3.05) is 0 Å². The van der Waals surface area contributed by atoms with Crippen LogP contribution < -0.4 is 0 Å². The normalized spacial score (nSPS) is 10.0. The number of hydrogen-bond donors (Lipinski definition) is 0. The van der Waals surface area contributed by atoms with Crippen molar-refractivity contribution in [3.8, 4) is 23.0 Å². The summed E-state index contributed by atoms with van der Waals surface area (Å²) in [6.45, 7) is 3.69. The third kappa shape index (κ3) is 7.94. The molecule has 0 bridgehead atoms. The van der Waals surface area contributed by atoms with Crippen molar-refractivity contribution in [3.63, 3.8) is 0 Å². The van der Waals surface area contributed by atoms with Crippen LogP contribution in [0.3, 0.4) is 0 Å². The minimum atomic E-state index is -0.628. The first kappa shape index (κ1) is 24.1. The van der Waals surface area contributed by atoms with Gasteiger partial charge in [-0.2, -0.15) is 0 Å². The van der Waals surface area contributed by atoms with Gasteiger partial charge in [0.2, 0.25) is 0 Å². The molecule has 0 nitrogen and oxygen atoms in total. The molecule has 0 radical (unpaired) electrons. The van der Waals surface area contributed by atoms with Crippen molar-refractivity contribution in [2.24, 2.45) is 0 Å². The first-order valence-electron chi connectivity index (χ1n) is 8.18. The minimum absolute atomic E-state index is 0.191. The Balaban J connectivity index is 0.000000640.